The Morgan fingerprint density at radius 3 is 2.44 bits per heavy atom. The fraction of sp³-hybridized carbons (Fsp3) is 0.600. The molecule has 1 aliphatic heterocycles. The molecule has 0 radical (unpaired) electrons. The summed E-state index contributed by atoms with van der Waals surface area (Å²) in [6, 6.07) is 7.91. The van der Waals surface area contributed by atoms with Gasteiger partial charge in [-0.05, 0) is 63.1 Å². The zero-order chi connectivity index (χ0) is 18.2. The molecule has 1 aromatic carbocycles. The van der Waals surface area contributed by atoms with Gasteiger partial charge in [-0.15, -0.1) is 0 Å². The van der Waals surface area contributed by atoms with Crippen molar-refractivity contribution < 1.29 is 14.3 Å². The molecule has 5 nitrogen and oxygen atoms in total. The molecule has 1 fully saturated rings. The standard InChI is InChI=1S/C20H30N2O3/c1-4-25-19-9-7-17(8-10-19)5-6-18-11-13-22(14-12-18)20(24)15(2)21-16(3)23/h7-10,15,18H,4-6,11-14H2,1-3H3,(H,21,23). The summed E-state index contributed by atoms with van der Waals surface area (Å²) in [6.45, 7) is 7.45. The number of nitrogens with zero attached hydrogens (tertiary/aromatic N) is 1. The summed E-state index contributed by atoms with van der Waals surface area (Å²) in [5, 5.41) is 2.67. The number of amides is 2. The average Bonchev–Trinajstić information content (AvgIpc) is 2.60. The number of nitrogens with one attached hydrogen (secondary N) is 1. The van der Waals surface area contributed by atoms with Gasteiger partial charge >= 0.3 is 0 Å². The van der Waals surface area contributed by atoms with Crippen LogP contribution in [0, 0.1) is 5.92 Å². The molecule has 1 N–H and O–H groups in total. The van der Waals surface area contributed by atoms with Gasteiger partial charge in [0, 0.05) is 20.0 Å². The molecule has 1 heterocycles. The molecule has 1 atom stereocenters. The fourth-order valence-corrected chi connectivity index (χ4v) is 3.37. The lowest BCUT2D eigenvalue weighted by molar-refractivity contribution is -0.136. The summed E-state index contributed by atoms with van der Waals surface area (Å²) in [7, 11) is 0. The van der Waals surface area contributed by atoms with E-state index in [2.05, 4.69) is 17.4 Å². The molecule has 0 spiro atoms. The monoisotopic (exact) mass is 346 g/mol. The molecule has 1 saturated heterocycles. The highest BCUT2D eigenvalue weighted by molar-refractivity contribution is 5.86. The van der Waals surface area contributed by atoms with E-state index in [0.717, 1.165) is 44.5 Å². The second kappa shape index (κ2) is 9.44. The lowest BCUT2D eigenvalue weighted by Crippen LogP contribution is -2.49. The van der Waals surface area contributed by atoms with Crippen molar-refractivity contribution in [3.8, 4) is 5.75 Å². The van der Waals surface area contributed by atoms with Crippen molar-refractivity contribution in [2.75, 3.05) is 19.7 Å². The number of hydrogen-bond donors (Lipinski definition) is 1. The van der Waals surface area contributed by atoms with E-state index in [1.54, 1.807) is 6.92 Å². The number of carbonyl (C=O) groups excluding carboxylic acids is 2. The largest absolute Gasteiger partial charge is 0.494 e. The first-order valence-electron chi connectivity index (χ1n) is 9.27. The molecule has 2 amide bonds. The van der Waals surface area contributed by atoms with Crippen LogP contribution in [0.25, 0.3) is 0 Å². The van der Waals surface area contributed by atoms with Crippen LogP contribution in [0.1, 0.15) is 45.6 Å². The van der Waals surface area contributed by atoms with Crippen LogP contribution >= 0.6 is 0 Å². The van der Waals surface area contributed by atoms with Gasteiger partial charge in [0.2, 0.25) is 11.8 Å². The summed E-state index contributed by atoms with van der Waals surface area (Å²) in [4.78, 5) is 25.3. The Labute approximate surface area is 150 Å². The van der Waals surface area contributed by atoms with Crippen LogP contribution in [-0.2, 0) is 16.0 Å². The number of aryl methyl sites for hydroxylation is 1. The Hall–Kier alpha value is -2.04. The van der Waals surface area contributed by atoms with Crippen molar-refractivity contribution >= 4 is 11.8 Å². The number of carbonyl (C=O) groups is 2. The Balaban J connectivity index is 1.73. The van der Waals surface area contributed by atoms with Crippen molar-refractivity contribution in [1.29, 1.82) is 0 Å². The SMILES string of the molecule is CCOc1ccc(CCC2CCN(C(=O)C(C)NC(C)=O)CC2)cc1. The quantitative estimate of drug-likeness (QED) is 0.826. The van der Waals surface area contributed by atoms with Crippen LogP contribution in [0.5, 0.6) is 5.75 Å². The van der Waals surface area contributed by atoms with Crippen LogP contribution in [0.4, 0.5) is 0 Å². The number of likely N-dealkylation sites (tertiary alicyclic amines) is 1. The van der Waals surface area contributed by atoms with Crippen molar-refractivity contribution in [3.63, 3.8) is 0 Å². The number of benzene rings is 1. The molecule has 0 aromatic heterocycles. The van der Waals surface area contributed by atoms with Crippen LogP contribution < -0.4 is 10.1 Å². The number of hydrogen-bond acceptors (Lipinski definition) is 3. The molecule has 138 valence electrons. The maximum absolute atomic E-state index is 12.3. The first-order chi connectivity index (χ1) is 12.0. The summed E-state index contributed by atoms with van der Waals surface area (Å²) < 4.78 is 5.47. The minimum absolute atomic E-state index is 0.0279. The van der Waals surface area contributed by atoms with Gasteiger partial charge in [0.25, 0.3) is 0 Å². The first-order valence-corrected chi connectivity index (χ1v) is 9.27. The Bertz CT molecular complexity index is 563. The number of piperidine rings is 1. The van der Waals surface area contributed by atoms with E-state index in [-0.39, 0.29) is 11.8 Å². The third-order valence-corrected chi connectivity index (χ3v) is 4.79. The van der Waals surface area contributed by atoms with Gasteiger partial charge in [0.15, 0.2) is 0 Å². The van der Waals surface area contributed by atoms with E-state index in [0.29, 0.717) is 12.5 Å². The maximum Gasteiger partial charge on any atom is 0.244 e. The highest BCUT2D eigenvalue weighted by Crippen LogP contribution is 2.23. The predicted molar refractivity (Wildman–Crippen MR) is 98.5 cm³/mol. The van der Waals surface area contributed by atoms with Gasteiger partial charge in [-0.1, -0.05) is 12.1 Å². The van der Waals surface area contributed by atoms with Gasteiger partial charge in [0.1, 0.15) is 11.8 Å². The smallest absolute Gasteiger partial charge is 0.244 e. The van der Waals surface area contributed by atoms with E-state index >= 15 is 0 Å². The molecular weight excluding hydrogens is 316 g/mol. The van der Waals surface area contributed by atoms with Crippen LogP contribution in [0.2, 0.25) is 0 Å². The van der Waals surface area contributed by atoms with Gasteiger partial charge in [0.05, 0.1) is 6.61 Å². The van der Waals surface area contributed by atoms with Crippen molar-refractivity contribution in [1.82, 2.24) is 10.2 Å². The van der Waals surface area contributed by atoms with Gasteiger partial charge in [-0.25, -0.2) is 0 Å². The summed E-state index contributed by atoms with van der Waals surface area (Å²) in [6.07, 6.45) is 4.29. The van der Waals surface area contributed by atoms with Crippen molar-refractivity contribution in [3.05, 3.63) is 29.8 Å². The molecule has 25 heavy (non-hydrogen) atoms. The van der Waals surface area contributed by atoms with E-state index in [1.165, 1.54) is 12.5 Å². The van der Waals surface area contributed by atoms with Gasteiger partial charge in [-0.2, -0.15) is 0 Å². The highest BCUT2D eigenvalue weighted by atomic mass is 16.5. The van der Waals surface area contributed by atoms with Crippen LogP contribution in [-0.4, -0.2) is 42.5 Å². The van der Waals surface area contributed by atoms with E-state index in [4.69, 9.17) is 4.74 Å². The summed E-state index contributed by atoms with van der Waals surface area (Å²) in [5.41, 5.74) is 1.33. The lowest BCUT2D eigenvalue weighted by atomic mass is 9.90. The molecule has 5 heteroatoms. The number of rotatable bonds is 7. The van der Waals surface area contributed by atoms with E-state index in [9.17, 15) is 9.59 Å². The second-order valence-electron chi connectivity index (χ2n) is 6.81. The topological polar surface area (TPSA) is 58.6 Å². The van der Waals surface area contributed by atoms with Crippen LogP contribution in [0.15, 0.2) is 24.3 Å². The molecule has 0 bridgehead atoms. The zero-order valence-electron chi connectivity index (χ0n) is 15.6. The normalized spacial score (nSPS) is 16.4. The number of ether oxygens (including phenoxy) is 1. The minimum atomic E-state index is -0.432. The fourth-order valence-electron chi connectivity index (χ4n) is 3.37. The second-order valence-corrected chi connectivity index (χ2v) is 6.81. The Morgan fingerprint density at radius 2 is 1.88 bits per heavy atom. The molecule has 0 saturated carbocycles. The Kier molecular flexibility index (Phi) is 7.29. The third-order valence-electron chi connectivity index (χ3n) is 4.79. The summed E-state index contributed by atoms with van der Waals surface area (Å²) in [5.74, 6) is 1.45. The third kappa shape index (κ3) is 6.07. The van der Waals surface area contributed by atoms with E-state index < -0.39 is 6.04 Å². The molecule has 1 unspecified atom stereocenters. The molecule has 1 aromatic rings. The molecule has 1 aliphatic rings. The average molecular weight is 346 g/mol. The molecule has 2 rings (SSSR count). The zero-order valence-corrected chi connectivity index (χ0v) is 15.6. The van der Waals surface area contributed by atoms with Crippen molar-refractivity contribution in [2.45, 2.75) is 52.5 Å². The summed E-state index contributed by atoms with van der Waals surface area (Å²) >= 11 is 0. The van der Waals surface area contributed by atoms with Gasteiger partial charge in [-0.3, -0.25) is 9.59 Å². The van der Waals surface area contributed by atoms with Gasteiger partial charge < -0.3 is 15.0 Å². The highest BCUT2D eigenvalue weighted by Gasteiger charge is 2.26. The molecule has 0 aliphatic carbocycles. The minimum Gasteiger partial charge on any atom is -0.494 e. The Morgan fingerprint density at radius 1 is 1.24 bits per heavy atom. The predicted octanol–water partition coefficient (Wildman–Crippen LogP) is 2.78. The van der Waals surface area contributed by atoms with Crippen molar-refractivity contribution in [2.24, 2.45) is 5.92 Å². The maximum atomic E-state index is 12.3. The van der Waals surface area contributed by atoms with E-state index in [1.807, 2.05) is 24.0 Å². The lowest BCUT2D eigenvalue weighted by Gasteiger charge is -2.33. The molecular formula is C20H30N2O3. The van der Waals surface area contributed by atoms with Crippen LogP contribution in [0.3, 0.4) is 0 Å². The first kappa shape index (κ1) is 19.3.